The molecule has 0 aromatic rings. The quantitative estimate of drug-likeness (QED) is 0.375. The number of carbonyl (C=O) groups is 3. The molecule has 0 unspecified atom stereocenters. The molecule has 84 valence electrons. The summed E-state index contributed by atoms with van der Waals surface area (Å²) in [5.74, 6) is -5.02. The summed E-state index contributed by atoms with van der Waals surface area (Å²) in [6, 6.07) is 0. The van der Waals surface area contributed by atoms with E-state index in [2.05, 4.69) is 0 Å². The second kappa shape index (κ2) is 11.3. The van der Waals surface area contributed by atoms with Gasteiger partial charge < -0.3 is 20.4 Å². The van der Waals surface area contributed by atoms with Crippen LogP contribution in [-0.4, -0.2) is 127 Å². The number of hydrogen-bond acceptors (Lipinski definition) is 4. The number of aliphatic hydroxyl groups is 1. The molecule has 0 saturated heterocycles. The van der Waals surface area contributed by atoms with Crippen LogP contribution in [0.4, 0.5) is 0 Å². The first-order chi connectivity index (χ1) is 5.78. The SMILES string of the molecule is O=C(O)CC(O)(CC(=O)O)C(=O)O.[NaH].[NaH].[SnH2]. The van der Waals surface area contributed by atoms with E-state index in [1.807, 2.05) is 0 Å². The predicted molar refractivity (Wildman–Crippen MR) is 59.9 cm³/mol. The molecule has 0 aliphatic rings. The monoisotopic (exact) mass is 362 g/mol. The van der Waals surface area contributed by atoms with Gasteiger partial charge in [-0.15, -0.1) is 0 Å². The van der Waals surface area contributed by atoms with E-state index in [1.165, 1.54) is 0 Å². The van der Waals surface area contributed by atoms with Crippen LogP contribution in [-0.2, 0) is 14.4 Å². The first kappa shape index (κ1) is 25.9. The van der Waals surface area contributed by atoms with Crippen LogP contribution in [0.15, 0.2) is 0 Å². The van der Waals surface area contributed by atoms with Crippen molar-refractivity contribution in [2.24, 2.45) is 0 Å². The molecule has 10 heteroatoms. The molecule has 7 nitrogen and oxygen atoms in total. The maximum absolute atomic E-state index is 10.3. The van der Waals surface area contributed by atoms with Crippen LogP contribution in [0.2, 0.25) is 0 Å². The Morgan fingerprint density at radius 3 is 1.25 bits per heavy atom. The van der Waals surface area contributed by atoms with Gasteiger partial charge in [0.15, 0.2) is 5.60 Å². The summed E-state index contributed by atoms with van der Waals surface area (Å²) in [5, 5.41) is 33.8. The van der Waals surface area contributed by atoms with Crippen molar-refractivity contribution in [1.29, 1.82) is 0 Å². The van der Waals surface area contributed by atoms with E-state index in [9.17, 15) is 14.4 Å². The first-order valence-electron chi connectivity index (χ1n) is 3.17. The van der Waals surface area contributed by atoms with Crippen molar-refractivity contribution in [2.45, 2.75) is 18.4 Å². The summed E-state index contributed by atoms with van der Waals surface area (Å²) in [6.07, 6.45) is -2.29. The van der Waals surface area contributed by atoms with Crippen LogP contribution >= 0.6 is 0 Å². The maximum atomic E-state index is 10.3. The molecular weight excluding hydrogens is 349 g/mol. The molecule has 0 fully saturated rings. The molecule has 0 atom stereocenters. The van der Waals surface area contributed by atoms with E-state index in [4.69, 9.17) is 20.4 Å². The molecule has 2 radical (unpaired) electrons. The Hall–Kier alpha value is 1.17. The second-order valence-corrected chi connectivity index (χ2v) is 2.48. The molecule has 0 saturated carbocycles. The van der Waals surface area contributed by atoms with Gasteiger partial charge in [-0.1, -0.05) is 0 Å². The van der Waals surface area contributed by atoms with Crippen molar-refractivity contribution in [3.05, 3.63) is 0 Å². The van der Waals surface area contributed by atoms with Crippen LogP contribution in [0.25, 0.3) is 0 Å². The zero-order valence-corrected chi connectivity index (χ0v) is 11.2. The van der Waals surface area contributed by atoms with Gasteiger partial charge in [0, 0.05) is 0 Å². The van der Waals surface area contributed by atoms with Gasteiger partial charge in [-0.2, -0.15) is 0 Å². The fourth-order valence-electron chi connectivity index (χ4n) is 0.714. The van der Waals surface area contributed by atoms with Crippen molar-refractivity contribution in [3.63, 3.8) is 0 Å². The summed E-state index contributed by atoms with van der Waals surface area (Å²) in [7, 11) is 0. The Labute approximate surface area is 152 Å². The van der Waals surface area contributed by atoms with E-state index < -0.39 is 36.4 Å². The average molecular weight is 361 g/mol. The van der Waals surface area contributed by atoms with Gasteiger partial charge in [0.1, 0.15) is 0 Å². The summed E-state index contributed by atoms with van der Waals surface area (Å²) in [4.78, 5) is 30.5. The molecule has 0 spiro atoms. The van der Waals surface area contributed by atoms with E-state index >= 15 is 0 Å². The molecule has 0 rings (SSSR count). The summed E-state index contributed by atoms with van der Waals surface area (Å²) in [5.41, 5.74) is -2.74. The third kappa shape index (κ3) is 10.3. The van der Waals surface area contributed by atoms with Gasteiger partial charge in [0.2, 0.25) is 0 Å². The van der Waals surface area contributed by atoms with Crippen LogP contribution in [0.3, 0.4) is 0 Å². The first-order valence-corrected chi connectivity index (χ1v) is 3.17. The fourth-order valence-corrected chi connectivity index (χ4v) is 0.714. The number of carboxylic acids is 3. The van der Waals surface area contributed by atoms with Crippen LogP contribution in [0.5, 0.6) is 0 Å². The van der Waals surface area contributed by atoms with Crippen molar-refractivity contribution < 1.29 is 34.8 Å². The predicted octanol–water partition coefficient (Wildman–Crippen LogP) is -3.46. The van der Waals surface area contributed by atoms with Crippen LogP contribution in [0, 0.1) is 0 Å². The van der Waals surface area contributed by atoms with Gasteiger partial charge in [0.25, 0.3) is 0 Å². The number of rotatable bonds is 5. The molecule has 0 aliphatic carbocycles. The molecule has 4 N–H and O–H groups in total. The third-order valence-electron chi connectivity index (χ3n) is 1.29. The van der Waals surface area contributed by atoms with E-state index in [0.717, 1.165) is 0 Å². The minimum absolute atomic E-state index is 0. The van der Waals surface area contributed by atoms with E-state index in [-0.39, 0.29) is 83.0 Å². The summed E-state index contributed by atoms with van der Waals surface area (Å²) >= 11 is 0. The topological polar surface area (TPSA) is 132 Å². The summed E-state index contributed by atoms with van der Waals surface area (Å²) < 4.78 is 0. The van der Waals surface area contributed by atoms with Gasteiger partial charge in [-0.25, -0.2) is 4.79 Å². The molecule has 0 bridgehead atoms. The van der Waals surface area contributed by atoms with Gasteiger partial charge >= 0.3 is 101 Å². The number of hydrogen-bond donors (Lipinski definition) is 4. The molecule has 0 aliphatic heterocycles. The van der Waals surface area contributed by atoms with Gasteiger partial charge in [-0.05, 0) is 0 Å². The molecule has 0 heterocycles. The molecule has 0 aromatic heterocycles. The Bertz CT molecular complexity index is 241. The van der Waals surface area contributed by atoms with Gasteiger partial charge in [0.05, 0.1) is 12.8 Å². The van der Waals surface area contributed by atoms with Crippen LogP contribution in [0.1, 0.15) is 12.8 Å². The van der Waals surface area contributed by atoms with E-state index in [0.29, 0.717) is 0 Å². The molecular formula is C6H12Na2O7Sn. The van der Waals surface area contributed by atoms with E-state index in [1.54, 1.807) is 0 Å². The van der Waals surface area contributed by atoms with Crippen LogP contribution < -0.4 is 0 Å². The second-order valence-electron chi connectivity index (χ2n) is 2.48. The zero-order valence-electron chi connectivity index (χ0n) is 7.13. The number of carboxylic acid groups (broad SMARTS) is 3. The third-order valence-corrected chi connectivity index (χ3v) is 1.29. The zero-order chi connectivity index (χ0) is 10.6. The van der Waals surface area contributed by atoms with Crippen molar-refractivity contribution >= 4 is 101 Å². The Morgan fingerprint density at radius 2 is 1.12 bits per heavy atom. The molecule has 16 heavy (non-hydrogen) atoms. The van der Waals surface area contributed by atoms with Crippen molar-refractivity contribution in [2.75, 3.05) is 0 Å². The Morgan fingerprint density at radius 1 is 0.875 bits per heavy atom. The normalized spacial score (nSPS) is 8.81. The Kier molecular flexibility index (Phi) is 18.2. The molecule has 0 amide bonds. The molecule has 0 aromatic carbocycles. The summed E-state index contributed by atoms with van der Waals surface area (Å²) in [6.45, 7) is 0. The standard InChI is InChI=1S/C6H8O7.2Na.Sn.4H/c7-3(8)1-6(13,5(11)12)2-4(9)10;;;;;;;/h13H,1-2H2,(H,7,8)(H,9,10)(H,11,12);;;;;;;. The Balaban J connectivity index is -0.000000240. The fraction of sp³-hybridized carbons (Fsp3) is 0.500. The van der Waals surface area contributed by atoms with Crippen molar-refractivity contribution in [1.82, 2.24) is 0 Å². The average Bonchev–Trinajstić information content (AvgIpc) is 1.82. The minimum atomic E-state index is -2.74. The number of aliphatic carboxylic acids is 3. The van der Waals surface area contributed by atoms with Gasteiger partial charge in [-0.3, -0.25) is 9.59 Å². The van der Waals surface area contributed by atoms with Crippen molar-refractivity contribution in [3.8, 4) is 0 Å².